The van der Waals surface area contributed by atoms with Gasteiger partial charge in [0.25, 0.3) is 11.8 Å². The van der Waals surface area contributed by atoms with Gasteiger partial charge in [0.15, 0.2) is 11.5 Å². The second kappa shape index (κ2) is 11.5. The number of benzene rings is 1. The number of unbranched alkanes of at least 4 members (excludes halogenated alkanes) is 1. The van der Waals surface area contributed by atoms with Crippen molar-refractivity contribution in [2.45, 2.75) is 38.9 Å². The second-order valence-electron chi connectivity index (χ2n) is 7.30. The number of hydrogen-bond acceptors (Lipinski definition) is 6. The monoisotopic (exact) mass is 490 g/mol. The lowest BCUT2D eigenvalue weighted by Crippen LogP contribution is -2.44. The van der Waals surface area contributed by atoms with E-state index in [9.17, 15) is 41.8 Å². The molecule has 1 aromatic rings. The van der Waals surface area contributed by atoms with E-state index >= 15 is 0 Å². The Kier molecular flexibility index (Phi) is 8.98. The zero-order chi connectivity index (χ0) is 25.5. The molecule has 13 heteroatoms. The zero-order valence-corrected chi connectivity index (χ0v) is 18.0. The van der Waals surface area contributed by atoms with Gasteiger partial charge in [0.05, 0.1) is 11.8 Å². The number of halogens is 5. The lowest BCUT2D eigenvalue weighted by molar-refractivity contribution is -0.159. The molecular formula is C21H23F5N4O4. The lowest BCUT2D eigenvalue weighted by Gasteiger charge is -2.26. The van der Waals surface area contributed by atoms with Crippen molar-refractivity contribution in [1.29, 1.82) is 0 Å². The van der Waals surface area contributed by atoms with Crippen LogP contribution < -0.4 is 10.7 Å². The van der Waals surface area contributed by atoms with E-state index in [-0.39, 0.29) is 12.0 Å². The quantitative estimate of drug-likeness (QED) is 0.438. The van der Waals surface area contributed by atoms with Gasteiger partial charge in [0.1, 0.15) is 30.4 Å². The molecule has 0 saturated carbocycles. The largest absolute Gasteiger partial charge is 0.504 e. The first-order chi connectivity index (χ1) is 15.9. The number of hydrazone groups is 1. The number of amides is 2. The van der Waals surface area contributed by atoms with Gasteiger partial charge in [-0.15, -0.1) is 0 Å². The first-order valence-corrected chi connectivity index (χ1v) is 10.1. The van der Waals surface area contributed by atoms with E-state index < -0.39 is 72.0 Å². The number of carbonyl (C=O) groups is 2. The minimum Gasteiger partial charge on any atom is -0.504 e. The van der Waals surface area contributed by atoms with Crippen LogP contribution in [0.15, 0.2) is 46.0 Å². The number of nitrogens with one attached hydrogen (secondary N) is 2. The smallest absolute Gasteiger partial charge is 0.406 e. The molecule has 1 aromatic carbocycles. The zero-order valence-electron chi connectivity index (χ0n) is 18.0. The molecule has 8 nitrogen and oxygen atoms in total. The Labute approximate surface area is 191 Å². The number of aliphatic hydroxyl groups is 2. The maximum atomic E-state index is 13.8. The summed E-state index contributed by atoms with van der Waals surface area (Å²) >= 11 is 0. The van der Waals surface area contributed by atoms with Crippen LogP contribution in [0.3, 0.4) is 0 Å². The van der Waals surface area contributed by atoms with E-state index in [4.69, 9.17) is 0 Å². The fourth-order valence-corrected chi connectivity index (χ4v) is 2.96. The van der Waals surface area contributed by atoms with E-state index in [0.717, 1.165) is 18.3 Å². The van der Waals surface area contributed by atoms with Crippen molar-refractivity contribution in [3.8, 4) is 0 Å². The molecule has 186 valence electrons. The van der Waals surface area contributed by atoms with Gasteiger partial charge >= 0.3 is 6.18 Å². The molecule has 4 N–H and O–H groups in total. The van der Waals surface area contributed by atoms with E-state index in [0.29, 0.717) is 23.8 Å². The molecule has 0 aromatic heterocycles. The Hall–Kier alpha value is -3.64. The van der Waals surface area contributed by atoms with Crippen LogP contribution in [0.5, 0.6) is 0 Å². The third-order valence-electron chi connectivity index (χ3n) is 4.71. The van der Waals surface area contributed by atoms with Crippen LogP contribution in [0.4, 0.5) is 22.0 Å². The van der Waals surface area contributed by atoms with E-state index in [1.54, 1.807) is 6.92 Å². The van der Waals surface area contributed by atoms with Gasteiger partial charge in [-0.05, 0) is 18.9 Å². The van der Waals surface area contributed by atoms with Crippen LogP contribution >= 0.6 is 0 Å². The molecule has 0 saturated heterocycles. The fourth-order valence-electron chi connectivity index (χ4n) is 2.96. The summed E-state index contributed by atoms with van der Waals surface area (Å²) in [5, 5.41) is 26.8. The summed E-state index contributed by atoms with van der Waals surface area (Å²) in [6.07, 6.45) is -3.36. The third kappa shape index (κ3) is 7.18. The Bertz CT molecular complexity index is 1020. The Morgan fingerprint density at radius 2 is 1.94 bits per heavy atom. The van der Waals surface area contributed by atoms with Crippen LogP contribution in [0.2, 0.25) is 0 Å². The maximum Gasteiger partial charge on any atom is 0.406 e. The average molecular weight is 490 g/mol. The molecule has 0 radical (unpaired) electrons. The van der Waals surface area contributed by atoms with Crippen molar-refractivity contribution in [1.82, 2.24) is 15.6 Å². The number of nitrogens with zero attached hydrogens (tertiary/aromatic N) is 2. The van der Waals surface area contributed by atoms with Gasteiger partial charge in [0, 0.05) is 18.2 Å². The first kappa shape index (κ1) is 26.6. The highest BCUT2D eigenvalue weighted by Crippen LogP contribution is 2.24. The predicted octanol–water partition coefficient (Wildman–Crippen LogP) is 3.33. The van der Waals surface area contributed by atoms with Crippen molar-refractivity contribution in [3.05, 3.63) is 58.1 Å². The Morgan fingerprint density at radius 1 is 1.24 bits per heavy atom. The Balaban J connectivity index is 2.42. The van der Waals surface area contributed by atoms with Crippen LogP contribution in [0.25, 0.3) is 0 Å². The van der Waals surface area contributed by atoms with Gasteiger partial charge in [-0.2, -0.15) is 18.3 Å². The minimum absolute atomic E-state index is 0.0776. The first-order valence-electron chi connectivity index (χ1n) is 10.1. The lowest BCUT2D eigenvalue weighted by atomic mass is 10.0. The molecule has 1 aliphatic heterocycles. The summed E-state index contributed by atoms with van der Waals surface area (Å²) in [6.45, 7) is -1.02. The van der Waals surface area contributed by atoms with Crippen molar-refractivity contribution in [3.63, 3.8) is 0 Å². The summed E-state index contributed by atoms with van der Waals surface area (Å²) in [4.78, 5) is 25.7. The van der Waals surface area contributed by atoms with Crippen LogP contribution in [0.1, 0.15) is 31.7 Å². The normalized spacial score (nSPS) is 17.6. The maximum absolute atomic E-state index is 13.8. The number of alkyl halides is 3. The minimum atomic E-state index is -4.74. The third-order valence-corrected chi connectivity index (χ3v) is 4.71. The standard InChI is InChI=1S/C21H23F5N4O4/c1-2-3-4-14-17(31)18(32)15(9-28-29-11-30(20(14)34)10-21(24,25)26)19(33)27-8-12-5-6-13(22)7-16(12)23/h5-7,9,29,31-32H,2-4,8,10-11H2,1H3,(H,27,33)/b17-14-,18-15?,28-9?. The SMILES string of the molecule is CCCC/C1=C(/O)C(O)=C(C(=O)NCc2ccc(F)cc2F)C=NNCN(CC(F)(F)F)C1=O. The highest BCUT2D eigenvalue weighted by Gasteiger charge is 2.35. The van der Waals surface area contributed by atoms with E-state index in [2.05, 4.69) is 15.8 Å². The Morgan fingerprint density at radius 3 is 2.56 bits per heavy atom. The van der Waals surface area contributed by atoms with Gasteiger partial charge < -0.3 is 20.4 Å². The van der Waals surface area contributed by atoms with E-state index in [1.165, 1.54) is 0 Å². The second-order valence-corrected chi connectivity index (χ2v) is 7.30. The summed E-state index contributed by atoms with van der Waals surface area (Å²) in [5.74, 6) is -6.17. The number of aliphatic hydroxyl groups excluding tert-OH is 2. The molecule has 0 spiro atoms. The molecule has 0 aliphatic carbocycles. The summed E-state index contributed by atoms with van der Waals surface area (Å²) in [5.41, 5.74) is 0.952. The summed E-state index contributed by atoms with van der Waals surface area (Å²) in [6, 6.07) is 2.68. The van der Waals surface area contributed by atoms with Crippen molar-refractivity contribution < 1.29 is 41.8 Å². The fraction of sp³-hybridized carbons (Fsp3) is 0.381. The molecule has 0 bridgehead atoms. The highest BCUT2D eigenvalue weighted by molar-refractivity contribution is 6.13. The summed E-state index contributed by atoms with van der Waals surface area (Å²) < 4.78 is 65.6. The predicted molar refractivity (Wildman–Crippen MR) is 111 cm³/mol. The van der Waals surface area contributed by atoms with Crippen molar-refractivity contribution in [2.24, 2.45) is 5.10 Å². The van der Waals surface area contributed by atoms with Crippen molar-refractivity contribution in [2.75, 3.05) is 13.2 Å². The molecule has 2 rings (SSSR count). The number of rotatable bonds is 7. The van der Waals surface area contributed by atoms with Gasteiger partial charge in [0.2, 0.25) is 0 Å². The van der Waals surface area contributed by atoms with Crippen molar-refractivity contribution >= 4 is 18.0 Å². The topological polar surface area (TPSA) is 114 Å². The van der Waals surface area contributed by atoms with Gasteiger partial charge in [-0.1, -0.05) is 19.4 Å². The van der Waals surface area contributed by atoms with E-state index in [1.807, 2.05) is 0 Å². The highest BCUT2D eigenvalue weighted by atomic mass is 19.4. The molecule has 0 fully saturated rings. The number of carbonyl (C=O) groups excluding carboxylic acids is 2. The van der Waals surface area contributed by atoms with Crippen LogP contribution in [-0.2, 0) is 16.1 Å². The summed E-state index contributed by atoms with van der Waals surface area (Å²) in [7, 11) is 0. The molecular weight excluding hydrogens is 467 g/mol. The van der Waals surface area contributed by atoms with Crippen LogP contribution in [0, 0.1) is 11.6 Å². The molecule has 0 unspecified atom stereocenters. The molecule has 1 heterocycles. The van der Waals surface area contributed by atoms with Gasteiger partial charge in [-0.25, -0.2) is 8.78 Å². The molecule has 1 aliphatic rings. The van der Waals surface area contributed by atoms with Gasteiger partial charge in [-0.3, -0.25) is 15.0 Å². The molecule has 34 heavy (non-hydrogen) atoms. The molecule has 0 atom stereocenters. The number of hydrogen-bond donors (Lipinski definition) is 4. The average Bonchev–Trinajstić information content (AvgIpc) is 2.75. The molecule has 2 amide bonds. The van der Waals surface area contributed by atoms with Crippen LogP contribution in [-0.4, -0.2) is 52.5 Å².